The van der Waals surface area contributed by atoms with E-state index in [1.165, 1.54) is 0 Å². The Morgan fingerprint density at radius 3 is 2.10 bits per heavy atom. The van der Waals surface area contributed by atoms with Crippen molar-refractivity contribution in [2.45, 2.75) is 0 Å². The van der Waals surface area contributed by atoms with Gasteiger partial charge in [0.1, 0.15) is 0 Å². The average Bonchev–Trinajstić information content (AvgIpc) is 1.57. The van der Waals surface area contributed by atoms with Crippen molar-refractivity contribution < 1.29 is 31.2 Å². The van der Waals surface area contributed by atoms with Crippen LogP contribution in [0.3, 0.4) is 0 Å². The highest BCUT2D eigenvalue weighted by Gasteiger charge is 2.45. The Kier molecular flexibility index (Phi) is 2.25. The van der Waals surface area contributed by atoms with Crippen molar-refractivity contribution in [3.05, 3.63) is 0 Å². The van der Waals surface area contributed by atoms with Crippen LogP contribution in [0, 0.1) is 0 Å². The number of hydrogen-bond acceptors (Lipinski definition) is 6. The van der Waals surface area contributed by atoms with Crippen LogP contribution in [0.5, 0.6) is 0 Å². The Labute approximate surface area is 59.9 Å². The van der Waals surface area contributed by atoms with Gasteiger partial charge in [0.25, 0.3) is 0 Å². The summed E-state index contributed by atoms with van der Waals surface area (Å²) in [6, 6.07) is 0. The van der Waals surface area contributed by atoms with Crippen LogP contribution < -0.4 is 0 Å². The van der Waals surface area contributed by atoms with Gasteiger partial charge in [0.05, 0.1) is 0 Å². The molecule has 0 atom stereocenters. The van der Waals surface area contributed by atoms with Crippen molar-refractivity contribution in [3.63, 3.8) is 0 Å². The van der Waals surface area contributed by atoms with E-state index in [0.29, 0.717) is 12.3 Å². The first kappa shape index (κ1) is 8.70. The molecule has 1 rings (SSSR count). The van der Waals surface area contributed by atoms with E-state index in [-0.39, 0.29) is 0 Å². The molecule has 1 fully saturated rings. The van der Waals surface area contributed by atoms with Crippen molar-refractivity contribution >= 4 is 28.0 Å². The maximum Gasteiger partial charge on any atom is 0.509 e. The fourth-order valence-electron chi connectivity index (χ4n) is 0.238. The largest absolute Gasteiger partial charge is 0.509 e. The molecule has 0 aromatic carbocycles. The van der Waals surface area contributed by atoms with Gasteiger partial charge in [-0.1, -0.05) is 0 Å². The number of phosphoric acid groups is 2. The molecule has 0 bridgehead atoms. The third-order valence-corrected chi connectivity index (χ3v) is 4.05. The fraction of sp³-hybridized carbons (Fsp3) is 0. The SMILES string of the molecule is O=P(O)(O)OP1(=O)OSO1. The predicted octanol–water partition coefficient (Wildman–Crippen LogP) is 0.814. The second-order valence-corrected chi connectivity index (χ2v) is 5.09. The molecule has 1 saturated heterocycles. The molecule has 7 nitrogen and oxygen atoms in total. The standard InChI is InChI=1S/H2O7P2S/c1-8(2,3)5-9(4)6-10-7-9/h(H2,1,2,3). The summed E-state index contributed by atoms with van der Waals surface area (Å²) < 4.78 is 32.2. The van der Waals surface area contributed by atoms with Crippen LogP contribution in [0.4, 0.5) is 0 Å². The highest BCUT2D eigenvalue weighted by molar-refractivity contribution is 8.03. The van der Waals surface area contributed by atoms with Gasteiger partial charge in [-0.3, -0.25) is 0 Å². The van der Waals surface area contributed by atoms with Gasteiger partial charge in [0, 0.05) is 0 Å². The number of rotatable bonds is 2. The normalized spacial score (nSPS) is 23.8. The van der Waals surface area contributed by atoms with E-state index in [9.17, 15) is 9.13 Å². The summed E-state index contributed by atoms with van der Waals surface area (Å²) in [4.78, 5) is 16.1. The predicted molar refractivity (Wildman–Crippen MR) is 30.5 cm³/mol. The lowest BCUT2D eigenvalue weighted by Gasteiger charge is -2.20. The van der Waals surface area contributed by atoms with Crippen LogP contribution in [0.1, 0.15) is 0 Å². The quantitative estimate of drug-likeness (QED) is 0.507. The summed E-state index contributed by atoms with van der Waals surface area (Å²) in [5.74, 6) is 0. The second kappa shape index (κ2) is 2.58. The summed E-state index contributed by atoms with van der Waals surface area (Å²) in [5.41, 5.74) is 0. The molecule has 10 heavy (non-hydrogen) atoms. The summed E-state index contributed by atoms with van der Waals surface area (Å²) in [6.45, 7) is 0. The van der Waals surface area contributed by atoms with Gasteiger partial charge in [0.15, 0.2) is 12.3 Å². The molecule has 0 aliphatic carbocycles. The maximum atomic E-state index is 10.5. The first-order valence-electron chi connectivity index (χ1n) is 1.83. The van der Waals surface area contributed by atoms with E-state index in [0.717, 1.165) is 0 Å². The first-order chi connectivity index (χ1) is 4.41. The van der Waals surface area contributed by atoms with Gasteiger partial charge < -0.3 is 9.79 Å². The molecule has 60 valence electrons. The van der Waals surface area contributed by atoms with Gasteiger partial charge >= 0.3 is 15.6 Å². The third-order valence-electron chi connectivity index (χ3n) is 0.450. The van der Waals surface area contributed by atoms with E-state index in [1.54, 1.807) is 0 Å². The van der Waals surface area contributed by atoms with Gasteiger partial charge in [-0.15, -0.1) is 0 Å². The average molecular weight is 208 g/mol. The molecule has 0 spiro atoms. The van der Waals surface area contributed by atoms with Gasteiger partial charge in [-0.05, 0) is 0 Å². The monoisotopic (exact) mass is 208 g/mol. The second-order valence-electron chi connectivity index (χ2n) is 1.24. The molecule has 1 aliphatic heterocycles. The zero-order chi connectivity index (χ0) is 7.83. The minimum Gasteiger partial charge on any atom is -0.302 e. The van der Waals surface area contributed by atoms with E-state index in [4.69, 9.17) is 9.79 Å². The minimum atomic E-state index is -4.78. The van der Waals surface area contributed by atoms with Crippen molar-refractivity contribution in [3.8, 4) is 0 Å². The Balaban J connectivity index is 2.54. The minimum absolute atomic E-state index is 0.353. The van der Waals surface area contributed by atoms with Gasteiger partial charge in [0.2, 0.25) is 0 Å². The van der Waals surface area contributed by atoms with Crippen molar-refractivity contribution in [1.82, 2.24) is 0 Å². The highest BCUT2D eigenvalue weighted by Crippen LogP contribution is 2.71. The molecule has 0 aromatic rings. The third kappa shape index (κ3) is 2.34. The van der Waals surface area contributed by atoms with Crippen LogP contribution >= 0.6 is 28.0 Å². The van der Waals surface area contributed by atoms with Crippen LogP contribution in [0.25, 0.3) is 0 Å². The lowest BCUT2D eigenvalue weighted by Crippen LogP contribution is -1.98. The first-order valence-corrected chi connectivity index (χ1v) is 5.49. The van der Waals surface area contributed by atoms with Crippen LogP contribution in [-0.2, 0) is 21.4 Å². The zero-order valence-electron chi connectivity index (χ0n) is 4.24. The molecule has 0 radical (unpaired) electrons. The molecule has 0 saturated carbocycles. The smallest absolute Gasteiger partial charge is 0.302 e. The Morgan fingerprint density at radius 1 is 1.50 bits per heavy atom. The zero-order valence-corrected chi connectivity index (χ0v) is 6.84. The molecular formula is H2O7P2S. The van der Waals surface area contributed by atoms with E-state index in [2.05, 4.69) is 12.3 Å². The Morgan fingerprint density at radius 2 is 2.00 bits per heavy atom. The molecular weight excluding hydrogens is 206 g/mol. The Bertz CT molecular complexity index is 206. The van der Waals surface area contributed by atoms with Crippen molar-refractivity contribution in [1.29, 1.82) is 0 Å². The fourth-order valence-corrected chi connectivity index (χ4v) is 2.63. The lowest BCUT2D eigenvalue weighted by atomic mass is 15.7. The summed E-state index contributed by atoms with van der Waals surface area (Å²) in [7, 11) is -8.69. The van der Waals surface area contributed by atoms with E-state index >= 15 is 0 Å². The maximum absolute atomic E-state index is 10.5. The highest BCUT2D eigenvalue weighted by atomic mass is 32.2. The molecule has 10 heteroatoms. The molecule has 0 amide bonds. The van der Waals surface area contributed by atoms with E-state index < -0.39 is 15.6 Å². The molecule has 2 N–H and O–H groups in total. The van der Waals surface area contributed by atoms with Gasteiger partial charge in [-0.25, -0.2) is 9.13 Å². The van der Waals surface area contributed by atoms with Gasteiger partial charge in [-0.2, -0.15) is 12.3 Å². The lowest BCUT2D eigenvalue weighted by molar-refractivity contribution is 0.222. The van der Waals surface area contributed by atoms with Crippen LogP contribution in [0.2, 0.25) is 0 Å². The summed E-state index contributed by atoms with van der Waals surface area (Å²) in [5, 5.41) is 0. The summed E-state index contributed by atoms with van der Waals surface area (Å²) >= 11 is 0.353. The van der Waals surface area contributed by atoms with Crippen LogP contribution in [-0.4, -0.2) is 9.79 Å². The van der Waals surface area contributed by atoms with Crippen LogP contribution in [0.15, 0.2) is 0 Å². The van der Waals surface area contributed by atoms with E-state index in [1.807, 2.05) is 0 Å². The molecule has 0 aromatic heterocycles. The molecule has 1 heterocycles. The number of hydrogen-bond donors (Lipinski definition) is 2. The molecule has 0 unspecified atom stereocenters. The molecule has 1 aliphatic rings. The van der Waals surface area contributed by atoms with Crippen molar-refractivity contribution in [2.24, 2.45) is 0 Å². The summed E-state index contributed by atoms with van der Waals surface area (Å²) in [6.07, 6.45) is 0. The Hall–Kier alpha value is 0.610. The topological polar surface area (TPSA) is 102 Å². The van der Waals surface area contributed by atoms with Crippen molar-refractivity contribution in [2.75, 3.05) is 0 Å².